The van der Waals surface area contributed by atoms with Gasteiger partial charge in [0, 0.05) is 5.69 Å². The number of thiophene rings is 1. The van der Waals surface area contributed by atoms with Crippen LogP contribution in [-0.4, -0.2) is 23.3 Å². The molecule has 23 heavy (non-hydrogen) atoms. The molecular weight excluding hydrogens is 312 g/mol. The Labute approximate surface area is 138 Å². The quantitative estimate of drug-likeness (QED) is 0.393. The minimum absolute atomic E-state index is 0.0168. The maximum atomic E-state index is 12.6. The molecule has 2 aromatic heterocycles. The third kappa shape index (κ3) is 3.41. The highest BCUT2D eigenvalue weighted by Gasteiger charge is 2.24. The first-order valence-electron chi connectivity index (χ1n) is 7.04. The fraction of sp³-hybridized carbons (Fsp3) is 0.235. The second-order valence-corrected chi connectivity index (χ2v) is 5.68. The molecule has 0 aliphatic carbocycles. The number of aromatic amines is 1. The van der Waals surface area contributed by atoms with E-state index in [9.17, 15) is 14.9 Å². The van der Waals surface area contributed by atoms with Gasteiger partial charge in [-0.3, -0.25) is 4.79 Å². The van der Waals surface area contributed by atoms with Gasteiger partial charge in [0.2, 0.25) is 5.78 Å². The molecule has 2 rings (SSSR count). The molecule has 0 unspecified atom stereocenters. The fourth-order valence-corrected chi connectivity index (χ4v) is 2.91. The van der Waals surface area contributed by atoms with E-state index in [1.54, 1.807) is 26.8 Å². The average molecular weight is 328 g/mol. The summed E-state index contributed by atoms with van der Waals surface area (Å²) < 4.78 is 5.01. The van der Waals surface area contributed by atoms with Crippen molar-refractivity contribution in [2.75, 3.05) is 6.61 Å². The number of aromatic nitrogens is 1. The predicted octanol–water partition coefficient (Wildman–Crippen LogP) is 3.66. The van der Waals surface area contributed by atoms with Gasteiger partial charge >= 0.3 is 5.97 Å². The molecule has 0 aliphatic heterocycles. The van der Waals surface area contributed by atoms with Gasteiger partial charge < -0.3 is 9.72 Å². The molecule has 5 nitrogen and oxygen atoms in total. The third-order valence-corrected chi connectivity index (χ3v) is 4.06. The number of carbonyl (C=O) groups excluding carboxylic acids is 2. The topological polar surface area (TPSA) is 83.0 Å². The lowest BCUT2D eigenvalue weighted by Gasteiger charge is -2.02. The molecule has 0 atom stereocenters. The van der Waals surface area contributed by atoms with E-state index in [0.29, 0.717) is 16.8 Å². The number of Topliss-reactive ketones (excluding diaryl/α,β-unsaturated/α-hetero) is 1. The second kappa shape index (κ2) is 7.07. The van der Waals surface area contributed by atoms with E-state index in [0.717, 1.165) is 5.56 Å². The number of hydrogen-bond acceptors (Lipinski definition) is 5. The van der Waals surface area contributed by atoms with Crippen molar-refractivity contribution in [3.63, 3.8) is 0 Å². The Morgan fingerprint density at radius 1 is 1.43 bits per heavy atom. The zero-order valence-electron chi connectivity index (χ0n) is 13.1. The summed E-state index contributed by atoms with van der Waals surface area (Å²) in [7, 11) is 0. The van der Waals surface area contributed by atoms with Crippen LogP contribution in [0.3, 0.4) is 0 Å². The lowest BCUT2D eigenvalue weighted by molar-refractivity contribution is 0.0525. The molecule has 0 aliphatic rings. The maximum absolute atomic E-state index is 12.6. The molecule has 0 spiro atoms. The molecule has 0 amide bonds. The molecule has 118 valence electrons. The van der Waals surface area contributed by atoms with Gasteiger partial charge in [-0.25, -0.2) is 4.79 Å². The molecule has 2 heterocycles. The summed E-state index contributed by atoms with van der Waals surface area (Å²) in [6, 6.07) is 3.75. The maximum Gasteiger partial charge on any atom is 0.340 e. The molecule has 2 aromatic rings. The number of ketones is 1. The van der Waals surface area contributed by atoms with Crippen LogP contribution in [0, 0.1) is 25.2 Å². The normalized spacial score (nSPS) is 11.1. The highest BCUT2D eigenvalue weighted by molar-refractivity contribution is 7.08. The van der Waals surface area contributed by atoms with E-state index >= 15 is 0 Å². The third-order valence-electron chi connectivity index (χ3n) is 3.36. The van der Waals surface area contributed by atoms with Crippen molar-refractivity contribution in [3.05, 3.63) is 50.5 Å². The molecule has 0 saturated carbocycles. The van der Waals surface area contributed by atoms with Crippen molar-refractivity contribution in [1.82, 2.24) is 4.98 Å². The zero-order valence-corrected chi connectivity index (χ0v) is 13.9. The first-order chi connectivity index (χ1) is 11.0. The van der Waals surface area contributed by atoms with E-state index in [2.05, 4.69) is 4.98 Å². The number of H-pyrrole nitrogens is 1. The Morgan fingerprint density at radius 3 is 2.74 bits per heavy atom. The number of esters is 1. The van der Waals surface area contributed by atoms with E-state index in [1.165, 1.54) is 11.3 Å². The van der Waals surface area contributed by atoms with Crippen molar-refractivity contribution in [2.45, 2.75) is 20.8 Å². The number of nitriles is 1. The van der Waals surface area contributed by atoms with E-state index in [-0.39, 0.29) is 17.9 Å². The molecule has 1 N–H and O–H groups in total. The zero-order chi connectivity index (χ0) is 17.0. The number of carbonyl (C=O) groups is 2. The minimum atomic E-state index is -0.474. The summed E-state index contributed by atoms with van der Waals surface area (Å²) in [5.74, 6) is -0.909. The Bertz CT molecular complexity index is 808. The summed E-state index contributed by atoms with van der Waals surface area (Å²) in [4.78, 5) is 27.5. The van der Waals surface area contributed by atoms with Gasteiger partial charge in [0.05, 0.1) is 17.9 Å². The lowest BCUT2D eigenvalue weighted by atomic mass is 10.0. The van der Waals surface area contributed by atoms with Gasteiger partial charge in [-0.05, 0) is 54.8 Å². The summed E-state index contributed by atoms with van der Waals surface area (Å²) in [6.07, 6.45) is 1.54. The second-order valence-electron chi connectivity index (χ2n) is 4.90. The molecule has 0 aromatic carbocycles. The number of allylic oxidation sites excluding steroid dienone is 1. The van der Waals surface area contributed by atoms with E-state index in [4.69, 9.17) is 4.74 Å². The highest BCUT2D eigenvalue weighted by Crippen LogP contribution is 2.22. The molecule has 0 fully saturated rings. The van der Waals surface area contributed by atoms with Crippen LogP contribution in [0.15, 0.2) is 22.4 Å². The van der Waals surface area contributed by atoms with Crippen molar-refractivity contribution >= 4 is 29.2 Å². The van der Waals surface area contributed by atoms with Crippen LogP contribution in [0.4, 0.5) is 0 Å². The van der Waals surface area contributed by atoms with Crippen LogP contribution in [0.1, 0.15) is 44.6 Å². The number of nitrogens with zero attached hydrogens (tertiary/aromatic N) is 1. The largest absolute Gasteiger partial charge is 0.462 e. The predicted molar refractivity (Wildman–Crippen MR) is 88.5 cm³/mol. The molecule has 0 bridgehead atoms. The van der Waals surface area contributed by atoms with Crippen LogP contribution in [0.2, 0.25) is 0 Å². The summed E-state index contributed by atoms with van der Waals surface area (Å²) in [6.45, 7) is 5.35. The Balaban J connectivity index is 2.42. The van der Waals surface area contributed by atoms with Gasteiger partial charge in [0.1, 0.15) is 11.6 Å². The van der Waals surface area contributed by atoms with Gasteiger partial charge in [0.15, 0.2) is 0 Å². The summed E-state index contributed by atoms with van der Waals surface area (Å²) in [5.41, 5.74) is 2.46. The monoisotopic (exact) mass is 328 g/mol. The Kier molecular flexibility index (Phi) is 5.14. The Hall–Kier alpha value is -2.65. The molecule has 0 saturated heterocycles. The van der Waals surface area contributed by atoms with Gasteiger partial charge in [-0.1, -0.05) is 0 Å². The molecular formula is C17H16N2O3S. The van der Waals surface area contributed by atoms with Crippen LogP contribution in [0.5, 0.6) is 0 Å². The number of rotatable bonds is 5. The van der Waals surface area contributed by atoms with Crippen molar-refractivity contribution < 1.29 is 14.3 Å². The molecule has 6 heteroatoms. The SMILES string of the molecule is CCOC(=O)c1c(C)[nH]c(C(=O)C(C#N)=Cc2ccsc2)c1C. The van der Waals surface area contributed by atoms with Crippen LogP contribution >= 0.6 is 11.3 Å². The van der Waals surface area contributed by atoms with Crippen LogP contribution in [0.25, 0.3) is 6.08 Å². The van der Waals surface area contributed by atoms with Crippen LogP contribution in [-0.2, 0) is 4.74 Å². The van der Waals surface area contributed by atoms with Gasteiger partial charge in [0.25, 0.3) is 0 Å². The standard InChI is InChI=1S/C17H16N2O3S/c1-4-22-17(21)14-10(2)15(19-11(14)3)16(20)13(8-18)7-12-5-6-23-9-12/h5-7,9,19H,4H2,1-3H3. The lowest BCUT2D eigenvalue weighted by Crippen LogP contribution is -2.08. The van der Waals surface area contributed by atoms with E-state index in [1.807, 2.05) is 22.9 Å². The van der Waals surface area contributed by atoms with Crippen LogP contribution < -0.4 is 0 Å². The Morgan fingerprint density at radius 2 is 2.17 bits per heavy atom. The first kappa shape index (κ1) is 16.7. The minimum Gasteiger partial charge on any atom is -0.462 e. The average Bonchev–Trinajstić information content (AvgIpc) is 3.12. The highest BCUT2D eigenvalue weighted by atomic mass is 32.1. The smallest absolute Gasteiger partial charge is 0.340 e. The number of nitrogens with one attached hydrogen (secondary N) is 1. The van der Waals surface area contributed by atoms with Gasteiger partial charge in [-0.2, -0.15) is 16.6 Å². The summed E-state index contributed by atoms with van der Waals surface area (Å²) in [5, 5.41) is 13.0. The number of aryl methyl sites for hydroxylation is 1. The first-order valence-corrected chi connectivity index (χ1v) is 7.98. The number of hydrogen-bond donors (Lipinski definition) is 1. The van der Waals surface area contributed by atoms with Crippen molar-refractivity contribution in [3.8, 4) is 6.07 Å². The van der Waals surface area contributed by atoms with Crippen molar-refractivity contribution in [1.29, 1.82) is 5.26 Å². The van der Waals surface area contributed by atoms with Crippen molar-refractivity contribution in [2.24, 2.45) is 0 Å². The fourth-order valence-electron chi connectivity index (χ4n) is 2.29. The van der Waals surface area contributed by atoms with Gasteiger partial charge in [-0.15, -0.1) is 0 Å². The molecule has 0 radical (unpaired) electrons. The number of ether oxygens (including phenoxy) is 1. The van der Waals surface area contributed by atoms with E-state index < -0.39 is 11.8 Å². The summed E-state index contributed by atoms with van der Waals surface area (Å²) >= 11 is 1.48.